The van der Waals surface area contributed by atoms with Crippen molar-refractivity contribution < 1.29 is 14.8 Å². The van der Waals surface area contributed by atoms with Gasteiger partial charge in [0.2, 0.25) is 0 Å². The van der Waals surface area contributed by atoms with E-state index in [9.17, 15) is 10.1 Å². The van der Waals surface area contributed by atoms with E-state index in [1.807, 2.05) is 26.0 Å². The van der Waals surface area contributed by atoms with Gasteiger partial charge in [0.15, 0.2) is 0 Å². The quantitative estimate of drug-likeness (QED) is 0.690. The number of allylic oxidation sites excluding steroid dienone is 2. The molecule has 1 aliphatic heterocycles. The standard InChI is InChI=1S/C22H31BO3/c1-14(2)18(6)20-9-10-23(25)26-21(20)8-7-15(3)11-19-12-16(4)22(24)17(5)13-19/h9,11-14,21,24-25H,6-8,10H2,1-5H3/b15-11+. The lowest BCUT2D eigenvalue weighted by atomic mass is 9.76. The van der Waals surface area contributed by atoms with Gasteiger partial charge in [-0.2, -0.15) is 0 Å². The number of hydrogen-bond donors (Lipinski definition) is 2. The summed E-state index contributed by atoms with van der Waals surface area (Å²) in [5.41, 5.74) is 6.35. The van der Waals surface area contributed by atoms with E-state index in [4.69, 9.17) is 4.65 Å². The van der Waals surface area contributed by atoms with Crippen LogP contribution in [-0.4, -0.2) is 23.4 Å². The smallest absolute Gasteiger partial charge is 0.458 e. The first-order chi connectivity index (χ1) is 12.2. The minimum atomic E-state index is -0.726. The molecule has 0 spiro atoms. The van der Waals surface area contributed by atoms with E-state index in [-0.39, 0.29) is 6.10 Å². The van der Waals surface area contributed by atoms with Crippen molar-refractivity contribution in [3.63, 3.8) is 0 Å². The number of benzene rings is 1. The zero-order valence-corrected chi connectivity index (χ0v) is 16.7. The molecule has 1 aromatic carbocycles. The number of phenolic OH excluding ortho intramolecular Hbond substituents is 1. The van der Waals surface area contributed by atoms with E-state index in [0.717, 1.165) is 40.7 Å². The Morgan fingerprint density at radius 1 is 1.35 bits per heavy atom. The van der Waals surface area contributed by atoms with Gasteiger partial charge >= 0.3 is 7.12 Å². The number of hydrogen-bond acceptors (Lipinski definition) is 3. The van der Waals surface area contributed by atoms with Crippen molar-refractivity contribution in [2.45, 2.75) is 59.9 Å². The molecule has 0 radical (unpaired) electrons. The Morgan fingerprint density at radius 3 is 2.54 bits per heavy atom. The number of aryl methyl sites for hydroxylation is 2. The fraction of sp³-hybridized carbons (Fsp3) is 0.455. The van der Waals surface area contributed by atoms with Crippen molar-refractivity contribution in [3.05, 3.63) is 58.2 Å². The van der Waals surface area contributed by atoms with Crippen LogP contribution in [0, 0.1) is 19.8 Å². The minimum Gasteiger partial charge on any atom is -0.507 e. The zero-order chi connectivity index (χ0) is 19.4. The van der Waals surface area contributed by atoms with Crippen molar-refractivity contribution in [1.82, 2.24) is 0 Å². The topological polar surface area (TPSA) is 49.7 Å². The Bertz CT molecular complexity index is 708. The summed E-state index contributed by atoms with van der Waals surface area (Å²) < 4.78 is 5.79. The molecule has 0 saturated heterocycles. The summed E-state index contributed by atoms with van der Waals surface area (Å²) in [7, 11) is -0.726. The monoisotopic (exact) mass is 354 g/mol. The van der Waals surface area contributed by atoms with E-state index in [1.54, 1.807) is 0 Å². The van der Waals surface area contributed by atoms with Crippen LogP contribution in [0.4, 0.5) is 0 Å². The van der Waals surface area contributed by atoms with E-state index in [2.05, 4.69) is 39.5 Å². The van der Waals surface area contributed by atoms with Gasteiger partial charge in [-0.05, 0) is 79.5 Å². The molecule has 0 aliphatic carbocycles. The molecule has 2 N–H and O–H groups in total. The molecule has 1 aliphatic rings. The third kappa shape index (κ3) is 5.12. The van der Waals surface area contributed by atoms with Crippen LogP contribution in [0.25, 0.3) is 6.08 Å². The molecule has 0 fully saturated rings. The molecule has 0 aromatic heterocycles. The highest BCUT2D eigenvalue weighted by Crippen LogP contribution is 2.31. The lowest BCUT2D eigenvalue weighted by Crippen LogP contribution is -2.32. The van der Waals surface area contributed by atoms with Gasteiger partial charge in [0.05, 0.1) is 6.10 Å². The minimum absolute atomic E-state index is 0.111. The fourth-order valence-corrected chi connectivity index (χ4v) is 3.36. The average Bonchev–Trinajstić information content (AvgIpc) is 2.57. The molecule has 1 aromatic rings. The van der Waals surface area contributed by atoms with E-state index >= 15 is 0 Å². The normalized spacial score (nSPS) is 18.3. The Balaban J connectivity index is 2.09. The van der Waals surface area contributed by atoms with Gasteiger partial charge in [0.1, 0.15) is 5.75 Å². The molecule has 0 amide bonds. The van der Waals surface area contributed by atoms with E-state index < -0.39 is 7.12 Å². The summed E-state index contributed by atoms with van der Waals surface area (Å²) in [5.74, 6) is 0.730. The van der Waals surface area contributed by atoms with Gasteiger partial charge in [-0.15, -0.1) is 0 Å². The van der Waals surface area contributed by atoms with Crippen LogP contribution in [0.3, 0.4) is 0 Å². The first-order valence-electron chi connectivity index (χ1n) is 9.39. The second kappa shape index (κ2) is 8.74. The third-order valence-corrected chi connectivity index (χ3v) is 5.00. The van der Waals surface area contributed by atoms with Crippen LogP contribution in [0.2, 0.25) is 6.32 Å². The predicted molar refractivity (Wildman–Crippen MR) is 110 cm³/mol. The van der Waals surface area contributed by atoms with Crippen LogP contribution in [-0.2, 0) is 4.65 Å². The molecule has 26 heavy (non-hydrogen) atoms. The highest BCUT2D eigenvalue weighted by Gasteiger charge is 2.28. The Kier molecular flexibility index (Phi) is 6.90. The van der Waals surface area contributed by atoms with Crippen molar-refractivity contribution in [1.29, 1.82) is 0 Å². The first kappa shape index (κ1) is 20.5. The highest BCUT2D eigenvalue weighted by atomic mass is 16.5. The SMILES string of the molecule is C=C(C1=CCB(O)OC1CC/C(C)=C/c1cc(C)c(O)c(C)c1)C(C)C. The van der Waals surface area contributed by atoms with Gasteiger partial charge in [0, 0.05) is 6.32 Å². The third-order valence-electron chi connectivity index (χ3n) is 5.00. The van der Waals surface area contributed by atoms with Gasteiger partial charge in [-0.1, -0.05) is 38.2 Å². The molecular weight excluding hydrogens is 323 g/mol. The summed E-state index contributed by atoms with van der Waals surface area (Å²) in [6, 6.07) is 4.00. The molecule has 4 heteroatoms. The van der Waals surface area contributed by atoms with Crippen molar-refractivity contribution in [3.8, 4) is 5.75 Å². The molecule has 0 bridgehead atoms. The number of phenols is 1. The molecule has 1 heterocycles. The Labute approximate surface area is 158 Å². The van der Waals surface area contributed by atoms with Crippen LogP contribution >= 0.6 is 0 Å². The summed E-state index contributed by atoms with van der Waals surface area (Å²) in [6.45, 7) is 14.4. The maximum absolute atomic E-state index is 9.91. The van der Waals surface area contributed by atoms with Gasteiger partial charge in [-0.25, -0.2) is 0 Å². The second-order valence-electron chi connectivity index (χ2n) is 7.69. The van der Waals surface area contributed by atoms with Crippen LogP contribution in [0.15, 0.2) is 41.5 Å². The molecule has 1 atom stereocenters. The van der Waals surface area contributed by atoms with Crippen LogP contribution in [0.1, 0.15) is 50.3 Å². The lowest BCUT2D eigenvalue weighted by Gasteiger charge is -2.29. The maximum atomic E-state index is 9.91. The predicted octanol–water partition coefficient (Wildman–Crippen LogP) is 5.21. The summed E-state index contributed by atoms with van der Waals surface area (Å²) >= 11 is 0. The maximum Gasteiger partial charge on any atom is 0.458 e. The summed E-state index contributed by atoms with van der Waals surface area (Å²) in [4.78, 5) is 0. The molecule has 3 nitrogen and oxygen atoms in total. The fourth-order valence-electron chi connectivity index (χ4n) is 3.36. The number of rotatable bonds is 6. The van der Waals surface area contributed by atoms with Gasteiger partial charge < -0.3 is 14.8 Å². The molecular formula is C22H31BO3. The molecule has 140 valence electrons. The number of aromatic hydroxyl groups is 1. The molecule has 2 rings (SSSR count). The first-order valence-corrected chi connectivity index (χ1v) is 9.39. The van der Waals surface area contributed by atoms with Gasteiger partial charge in [-0.3, -0.25) is 0 Å². The van der Waals surface area contributed by atoms with E-state index in [1.165, 1.54) is 5.57 Å². The lowest BCUT2D eigenvalue weighted by molar-refractivity contribution is 0.182. The summed E-state index contributed by atoms with van der Waals surface area (Å²) in [6.07, 6.45) is 6.33. The average molecular weight is 354 g/mol. The Hall–Kier alpha value is -1.78. The second-order valence-corrected chi connectivity index (χ2v) is 7.69. The highest BCUT2D eigenvalue weighted by molar-refractivity contribution is 6.43. The molecule has 0 saturated carbocycles. The molecule has 1 unspecified atom stereocenters. The van der Waals surface area contributed by atoms with Crippen LogP contribution in [0.5, 0.6) is 5.75 Å². The van der Waals surface area contributed by atoms with Crippen molar-refractivity contribution >= 4 is 13.2 Å². The van der Waals surface area contributed by atoms with Gasteiger partial charge in [0.25, 0.3) is 0 Å². The van der Waals surface area contributed by atoms with E-state index in [0.29, 0.717) is 18.0 Å². The van der Waals surface area contributed by atoms with Crippen molar-refractivity contribution in [2.75, 3.05) is 0 Å². The zero-order valence-electron chi connectivity index (χ0n) is 16.7. The summed E-state index contributed by atoms with van der Waals surface area (Å²) in [5, 5.41) is 19.8. The Morgan fingerprint density at radius 2 is 1.96 bits per heavy atom. The van der Waals surface area contributed by atoms with Crippen molar-refractivity contribution in [2.24, 2.45) is 5.92 Å². The van der Waals surface area contributed by atoms with Crippen LogP contribution < -0.4 is 0 Å². The largest absolute Gasteiger partial charge is 0.507 e.